The van der Waals surface area contributed by atoms with Crippen LogP contribution in [0.4, 0.5) is 0 Å². The summed E-state index contributed by atoms with van der Waals surface area (Å²) < 4.78 is 1.65. The van der Waals surface area contributed by atoms with Crippen LogP contribution in [-0.2, 0) is 7.05 Å². The summed E-state index contributed by atoms with van der Waals surface area (Å²) in [6.45, 7) is 0.309. The molecule has 0 aromatic carbocycles. The van der Waals surface area contributed by atoms with Crippen LogP contribution in [0.3, 0.4) is 0 Å². The number of aryl methyl sites for hydroxylation is 1. The smallest absolute Gasteiger partial charge is 0.270 e. The Kier molecular flexibility index (Phi) is 4.19. The highest BCUT2D eigenvalue weighted by Crippen LogP contribution is 2.37. The van der Waals surface area contributed by atoms with E-state index in [9.17, 15) is 4.79 Å². The first-order chi connectivity index (χ1) is 10.8. The van der Waals surface area contributed by atoms with E-state index in [-0.39, 0.29) is 5.91 Å². The van der Waals surface area contributed by atoms with Crippen molar-refractivity contribution in [3.05, 3.63) is 47.5 Å². The maximum absolute atomic E-state index is 12.4. The minimum Gasteiger partial charge on any atom is -0.340 e. The van der Waals surface area contributed by atoms with E-state index in [1.165, 1.54) is 6.42 Å². The Balaban J connectivity index is 1.63. The number of hydrogen-bond acceptors (Lipinski definition) is 3. The second-order valence-corrected chi connectivity index (χ2v) is 5.43. The van der Waals surface area contributed by atoms with Crippen molar-refractivity contribution in [3.63, 3.8) is 0 Å². The SMILES string of the molecule is Cn1ncc(C2CCC2)c1C(=O)NCC#Cc1cccnc1. The van der Waals surface area contributed by atoms with E-state index in [1.54, 1.807) is 24.1 Å². The van der Waals surface area contributed by atoms with Crippen molar-refractivity contribution in [2.75, 3.05) is 6.54 Å². The number of carbonyl (C=O) groups excluding carboxylic acids is 1. The molecular formula is C17H18N4O. The van der Waals surface area contributed by atoms with Gasteiger partial charge in [-0.25, -0.2) is 0 Å². The van der Waals surface area contributed by atoms with Gasteiger partial charge in [-0.15, -0.1) is 0 Å². The lowest BCUT2D eigenvalue weighted by molar-refractivity contribution is 0.0947. The molecule has 1 aliphatic carbocycles. The van der Waals surface area contributed by atoms with Crippen molar-refractivity contribution < 1.29 is 4.79 Å². The van der Waals surface area contributed by atoms with E-state index in [2.05, 4.69) is 27.2 Å². The van der Waals surface area contributed by atoms with Gasteiger partial charge in [-0.2, -0.15) is 5.10 Å². The molecular weight excluding hydrogens is 276 g/mol. The molecule has 3 rings (SSSR count). The maximum atomic E-state index is 12.4. The number of carbonyl (C=O) groups is 1. The van der Waals surface area contributed by atoms with Crippen molar-refractivity contribution in [2.24, 2.45) is 7.05 Å². The van der Waals surface area contributed by atoms with Gasteiger partial charge in [0.2, 0.25) is 0 Å². The third-order valence-electron chi connectivity index (χ3n) is 3.96. The molecule has 0 radical (unpaired) electrons. The molecule has 2 aromatic rings. The van der Waals surface area contributed by atoms with E-state index in [0.717, 1.165) is 24.0 Å². The predicted molar refractivity (Wildman–Crippen MR) is 83.2 cm³/mol. The monoisotopic (exact) mass is 294 g/mol. The van der Waals surface area contributed by atoms with E-state index in [4.69, 9.17) is 0 Å². The number of nitrogens with one attached hydrogen (secondary N) is 1. The quantitative estimate of drug-likeness (QED) is 0.879. The highest BCUT2D eigenvalue weighted by molar-refractivity contribution is 5.94. The second-order valence-electron chi connectivity index (χ2n) is 5.43. The number of hydrogen-bond donors (Lipinski definition) is 1. The van der Waals surface area contributed by atoms with Gasteiger partial charge in [-0.3, -0.25) is 14.5 Å². The minimum absolute atomic E-state index is 0.109. The number of amides is 1. The fourth-order valence-electron chi connectivity index (χ4n) is 2.54. The molecule has 0 saturated heterocycles. The van der Waals surface area contributed by atoms with E-state index in [0.29, 0.717) is 18.2 Å². The van der Waals surface area contributed by atoms with Crippen LogP contribution in [0.15, 0.2) is 30.7 Å². The summed E-state index contributed by atoms with van der Waals surface area (Å²) in [5.41, 5.74) is 2.56. The van der Waals surface area contributed by atoms with E-state index in [1.807, 2.05) is 18.3 Å². The largest absolute Gasteiger partial charge is 0.340 e. The van der Waals surface area contributed by atoms with Gasteiger partial charge in [-0.05, 0) is 30.9 Å². The molecule has 1 amide bonds. The molecule has 2 aromatic heterocycles. The summed E-state index contributed by atoms with van der Waals surface area (Å²) in [4.78, 5) is 16.3. The van der Waals surface area contributed by atoms with Crippen LogP contribution in [-0.4, -0.2) is 27.2 Å². The summed E-state index contributed by atoms with van der Waals surface area (Å²) in [6, 6.07) is 3.72. The van der Waals surface area contributed by atoms with Crippen LogP contribution in [0.5, 0.6) is 0 Å². The zero-order valence-corrected chi connectivity index (χ0v) is 12.5. The predicted octanol–water partition coefficient (Wildman–Crippen LogP) is 1.86. The molecule has 22 heavy (non-hydrogen) atoms. The van der Waals surface area contributed by atoms with Gasteiger partial charge in [0.25, 0.3) is 5.91 Å². The fourth-order valence-corrected chi connectivity index (χ4v) is 2.54. The third kappa shape index (κ3) is 3.01. The first kappa shape index (κ1) is 14.3. The highest BCUT2D eigenvalue weighted by atomic mass is 16.2. The van der Waals surface area contributed by atoms with Gasteiger partial charge >= 0.3 is 0 Å². The Labute approximate surface area is 129 Å². The Morgan fingerprint density at radius 3 is 3.00 bits per heavy atom. The van der Waals surface area contributed by atoms with Crippen LogP contribution in [0.25, 0.3) is 0 Å². The zero-order valence-electron chi connectivity index (χ0n) is 12.5. The van der Waals surface area contributed by atoms with Crippen molar-refractivity contribution in [3.8, 4) is 11.8 Å². The van der Waals surface area contributed by atoms with Gasteiger partial charge in [0.1, 0.15) is 5.69 Å². The Morgan fingerprint density at radius 1 is 1.45 bits per heavy atom. The Bertz CT molecular complexity index is 720. The van der Waals surface area contributed by atoms with Crippen LogP contribution in [0.2, 0.25) is 0 Å². The highest BCUT2D eigenvalue weighted by Gasteiger charge is 2.27. The molecule has 5 nitrogen and oxygen atoms in total. The van der Waals surface area contributed by atoms with E-state index >= 15 is 0 Å². The maximum Gasteiger partial charge on any atom is 0.270 e. The molecule has 1 fully saturated rings. The van der Waals surface area contributed by atoms with Crippen LogP contribution >= 0.6 is 0 Å². The summed E-state index contributed by atoms with van der Waals surface area (Å²) in [5.74, 6) is 6.28. The molecule has 0 aliphatic heterocycles. The average Bonchev–Trinajstić information content (AvgIpc) is 2.84. The van der Waals surface area contributed by atoms with Crippen LogP contribution in [0, 0.1) is 11.8 Å². The Morgan fingerprint density at radius 2 is 2.32 bits per heavy atom. The van der Waals surface area contributed by atoms with Crippen molar-refractivity contribution in [1.82, 2.24) is 20.1 Å². The molecule has 1 aliphatic rings. The fraction of sp³-hybridized carbons (Fsp3) is 0.353. The van der Waals surface area contributed by atoms with Gasteiger partial charge in [0.05, 0.1) is 12.7 Å². The minimum atomic E-state index is -0.109. The van der Waals surface area contributed by atoms with Gasteiger partial charge < -0.3 is 5.32 Å². The molecule has 1 N–H and O–H groups in total. The number of aromatic nitrogens is 3. The Hall–Kier alpha value is -2.61. The molecule has 0 unspecified atom stereocenters. The van der Waals surface area contributed by atoms with E-state index < -0.39 is 0 Å². The van der Waals surface area contributed by atoms with Crippen LogP contribution < -0.4 is 5.32 Å². The zero-order chi connectivity index (χ0) is 15.4. The molecule has 2 heterocycles. The molecule has 0 bridgehead atoms. The molecule has 0 atom stereocenters. The molecule has 1 saturated carbocycles. The van der Waals surface area contributed by atoms with Gasteiger partial charge in [0.15, 0.2) is 0 Å². The lowest BCUT2D eigenvalue weighted by Crippen LogP contribution is -2.28. The molecule has 0 spiro atoms. The second kappa shape index (κ2) is 6.44. The third-order valence-corrected chi connectivity index (χ3v) is 3.96. The van der Waals surface area contributed by atoms with Crippen molar-refractivity contribution in [2.45, 2.75) is 25.2 Å². The van der Waals surface area contributed by atoms with Gasteiger partial charge in [0, 0.05) is 30.6 Å². The van der Waals surface area contributed by atoms with Gasteiger partial charge in [-0.1, -0.05) is 18.3 Å². The summed E-state index contributed by atoms with van der Waals surface area (Å²) in [5, 5.41) is 7.07. The summed E-state index contributed by atoms with van der Waals surface area (Å²) in [6.07, 6.45) is 8.75. The lowest BCUT2D eigenvalue weighted by Gasteiger charge is -2.25. The average molecular weight is 294 g/mol. The summed E-state index contributed by atoms with van der Waals surface area (Å²) in [7, 11) is 1.80. The normalized spacial score (nSPS) is 13.9. The molecule has 5 heteroatoms. The number of pyridine rings is 1. The van der Waals surface area contributed by atoms with Crippen molar-refractivity contribution in [1.29, 1.82) is 0 Å². The first-order valence-corrected chi connectivity index (χ1v) is 7.44. The topological polar surface area (TPSA) is 59.8 Å². The number of nitrogens with zero attached hydrogens (tertiary/aromatic N) is 3. The molecule has 112 valence electrons. The van der Waals surface area contributed by atoms with Crippen molar-refractivity contribution >= 4 is 5.91 Å². The number of rotatable bonds is 3. The first-order valence-electron chi connectivity index (χ1n) is 7.44. The summed E-state index contributed by atoms with van der Waals surface area (Å²) >= 11 is 0. The lowest BCUT2D eigenvalue weighted by atomic mass is 9.80. The standard InChI is InChI=1S/C17H18N4O/c1-21-16(15(12-20-21)14-7-2-8-14)17(22)19-10-4-6-13-5-3-9-18-11-13/h3,5,9,11-12,14H,2,7-8,10H2,1H3,(H,19,22). The van der Waals surface area contributed by atoms with Crippen LogP contribution in [0.1, 0.15) is 46.8 Å².